The summed E-state index contributed by atoms with van der Waals surface area (Å²) >= 11 is 0. The molecule has 1 saturated heterocycles. The molecule has 126 valence electrons. The normalized spacial score (nSPS) is 23.6. The highest BCUT2D eigenvalue weighted by Crippen LogP contribution is 2.22. The Hall–Kier alpha value is -0.0800. The fraction of sp³-hybridized carbons (Fsp3) is 1.00. The molecule has 0 bridgehead atoms. The van der Waals surface area contributed by atoms with Gasteiger partial charge in [-0.05, 0) is 32.6 Å². The molecule has 0 amide bonds. The number of hydrogen-bond donors (Lipinski definition) is 0. The molecule has 2 heteroatoms. The van der Waals surface area contributed by atoms with Gasteiger partial charge in [0.05, 0.1) is 24.9 Å². The summed E-state index contributed by atoms with van der Waals surface area (Å²) in [6.07, 6.45) is 17.1. The third kappa shape index (κ3) is 9.52. The second kappa shape index (κ2) is 12.5. The molecular formula is C19H38O2. The van der Waals surface area contributed by atoms with E-state index in [9.17, 15) is 0 Å². The van der Waals surface area contributed by atoms with Crippen molar-refractivity contribution in [2.45, 2.75) is 116 Å². The monoisotopic (exact) mass is 298 g/mol. The van der Waals surface area contributed by atoms with Gasteiger partial charge in [0.1, 0.15) is 0 Å². The van der Waals surface area contributed by atoms with Crippen molar-refractivity contribution >= 4 is 0 Å². The minimum atomic E-state index is 0.357. The largest absolute Gasteiger partial charge is 0.376 e. The van der Waals surface area contributed by atoms with E-state index >= 15 is 0 Å². The van der Waals surface area contributed by atoms with Crippen molar-refractivity contribution in [1.82, 2.24) is 0 Å². The third-order valence-electron chi connectivity index (χ3n) is 4.68. The van der Waals surface area contributed by atoms with Crippen LogP contribution in [-0.4, -0.2) is 24.9 Å². The summed E-state index contributed by atoms with van der Waals surface area (Å²) in [7, 11) is 0. The SMILES string of the molecule is CCCCCCCCCCC(C)OCC1CCC(CC)O1. The molecular weight excluding hydrogens is 260 g/mol. The lowest BCUT2D eigenvalue weighted by Gasteiger charge is -2.17. The molecule has 2 nitrogen and oxygen atoms in total. The van der Waals surface area contributed by atoms with E-state index < -0.39 is 0 Å². The van der Waals surface area contributed by atoms with Gasteiger partial charge in [0, 0.05) is 0 Å². The van der Waals surface area contributed by atoms with Crippen molar-refractivity contribution in [3.05, 3.63) is 0 Å². The van der Waals surface area contributed by atoms with Gasteiger partial charge >= 0.3 is 0 Å². The van der Waals surface area contributed by atoms with Crippen molar-refractivity contribution in [3.63, 3.8) is 0 Å². The van der Waals surface area contributed by atoms with Crippen LogP contribution < -0.4 is 0 Å². The van der Waals surface area contributed by atoms with Crippen molar-refractivity contribution in [3.8, 4) is 0 Å². The lowest BCUT2D eigenvalue weighted by molar-refractivity contribution is -0.0395. The molecule has 0 aromatic carbocycles. The number of unbranched alkanes of at least 4 members (excludes halogenated alkanes) is 7. The maximum Gasteiger partial charge on any atom is 0.0813 e. The molecule has 1 rings (SSSR count). The zero-order valence-corrected chi connectivity index (χ0v) is 14.7. The molecule has 0 saturated carbocycles. The molecule has 0 aromatic rings. The Balaban J connectivity index is 1.86. The molecule has 1 heterocycles. The minimum Gasteiger partial charge on any atom is -0.376 e. The molecule has 0 aromatic heterocycles. The molecule has 0 spiro atoms. The third-order valence-corrected chi connectivity index (χ3v) is 4.68. The Morgan fingerprint density at radius 1 is 0.905 bits per heavy atom. The smallest absolute Gasteiger partial charge is 0.0813 e. The van der Waals surface area contributed by atoms with Crippen molar-refractivity contribution in [1.29, 1.82) is 0 Å². The van der Waals surface area contributed by atoms with Crippen LogP contribution in [0, 0.1) is 0 Å². The molecule has 0 aliphatic carbocycles. The first-order valence-electron chi connectivity index (χ1n) is 9.53. The average molecular weight is 299 g/mol. The molecule has 1 aliphatic heterocycles. The standard InChI is InChI=1S/C19H38O2/c1-4-6-7-8-9-10-11-12-13-17(3)20-16-19-15-14-18(5-2)21-19/h17-19H,4-16H2,1-3H3. The van der Waals surface area contributed by atoms with Gasteiger partial charge in [-0.2, -0.15) is 0 Å². The van der Waals surface area contributed by atoms with E-state index in [1.165, 1.54) is 70.6 Å². The summed E-state index contributed by atoms with van der Waals surface area (Å²) in [5.74, 6) is 0. The first-order chi connectivity index (χ1) is 10.3. The van der Waals surface area contributed by atoms with Gasteiger partial charge in [-0.25, -0.2) is 0 Å². The summed E-state index contributed by atoms with van der Waals surface area (Å²) in [6, 6.07) is 0. The lowest BCUT2D eigenvalue weighted by atomic mass is 10.1. The lowest BCUT2D eigenvalue weighted by Crippen LogP contribution is -2.20. The molecule has 21 heavy (non-hydrogen) atoms. The van der Waals surface area contributed by atoms with Gasteiger partial charge in [0.2, 0.25) is 0 Å². The second-order valence-corrected chi connectivity index (χ2v) is 6.77. The van der Waals surface area contributed by atoms with Crippen LogP contribution in [0.2, 0.25) is 0 Å². The van der Waals surface area contributed by atoms with E-state index in [0.717, 1.165) is 13.0 Å². The highest BCUT2D eigenvalue weighted by atomic mass is 16.5. The zero-order chi connectivity index (χ0) is 15.3. The van der Waals surface area contributed by atoms with E-state index in [4.69, 9.17) is 9.47 Å². The highest BCUT2D eigenvalue weighted by Gasteiger charge is 2.24. The average Bonchev–Trinajstić information content (AvgIpc) is 2.96. The van der Waals surface area contributed by atoms with E-state index in [2.05, 4.69) is 20.8 Å². The second-order valence-electron chi connectivity index (χ2n) is 6.77. The Morgan fingerprint density at radius 2 is 1.52 bits per heavy atom. The van der Waals surface area contributed by atoms with E-state index in [0.29, 0.717) is 18.3 Å². The summed E-state index contributed by atoms with van der Waals surface area (Å²) in [6.45, 7) is 7.50. The van der Waals surface area contributed by atoms with Crippen LogP contribution >= 0.6 is 0 Å². The molecule has 1 fully saturated rings. The van der Waals surface area contributed by atoms with Crippen molar-refractivity contribution in [2.24, 2.45) is 0 Å². The topological polar surface area (TPSA) is 18.5 Å². The number of hydrogen-bond acceptors (Lipinski definition) is 2. The van der Waals surface area contributed by atoms with Crippen LogP contribution in [0.25, 0.3) is 0 Å². The number of ether oxygens (including phenoxy) is 2. The van der Waals surface area contributed by atoms with E-state index in [1.54, 1.807) is 0 Å². The van der Waals surface area contributed by atoms with Gasteiger partial charge in [0.15, 0.2) is 0 Å². The summed E-state index contributed by atoms with van der Waals surface area (Å²) < 4.78 is 11.9. The molecule has 1 aliphatic rings. The van der Waals surface area contributed by atoms with Crippen LogP contribution in [0.3, 0.4) is 0 Å². The minimum absolute atomic E-state index is 0.357. The van der Waals surface area contributed by atoms with Gasteiger partial charge in [-0.15, -0.1) is 0 Å². The van der Waals surface area contributed by atoms with Crippen LogP contribution in [0.15, 0.2) is 0 Å². The van der Waals surface area contributed by atoms with Gasteiger partial charge in [-0.1, -0.05) is 65.2 Å². The molecule has 0 radical (unpaired) electrons. The summed E-state index contributed by atoms with van der Waals surface area (Å²) in [4.78, 5) is 0. The Bertz CT molecular complexity index is 230. The summed E-state index contributed by atoms with van der Waals surface area (Å²) in [5, 5.41) is 0. The van der Waals surface area contributed by atoms with Crippen LogP contribution in [0.5, 0.6) is 0 Å². The van der Waals surface area contributed by atoms with Crippen LogP contribution in [0.4, 0.5) is 0 Å². The maximum atomic E-state index is 5.95. The van der Waals surface area contributed by atoms with Gasteiger partial charge in [-0.3, -0.25) is 0 Å². The fourth-order valence-electron chi connectivity index (χ4n) is 3.12. The van der Waals surface area contributed by atoms with Crippen molar-refractivity contribution in [2.75, 3.05) is 6.61 Å². The van der Waals surface area contributed by atoms with Crippen LogP contribution in [0.1, 0.15) is 97.8 Å². The highest BCUT2D eigenvalue weighted by molar-refractivity contribution is 4.72. The number of rotatable bonds is 13. The molecule has 3 unspecified atom stereocenters. The van der Waals surface area contributed by atoms with E-state index in [-0.39, 0.29) is 0 Å². The predicted octanol–water partition coefficient (Wildman–Crippen LogP) is 5.88. The Kier molecular flexibility index (Phi) is 11.3. The van der Waals surface area contributed by atoms with Crippen LogP contribution in [-0.2, 0) is 9.47 Å². The quantitative estimate of drug-likeness (QED) is 0.395. The molecule has 0 N–H and O–H groups in total. The first-order valence-corrected chi connectivity index (χ1v) is 9.53. The first kappa shape index (κ1) is 19.0. The summed E-state index contributed by atoms with van der Waals surface area (Å²) in [5.41, 5.74) is 0. The fourth-order valence-corrected chi connectivity index (χ4v) is 3.12. The van der Waals surface area contributed by atoms with E-state index in [1.807, 2.05) is 0 Å². The maximum absolute atomic E-state index is 5.95. The Labute approximate surface area is 133 Å². The molecule has 3 atom stereocenters. The zero-order valence-electron chi connectivity index (χ0n) is 14.7. The van der Waals surface area contributed by atoms with Gasteiger partial charge < -0.3 is 9.47 Å². The van der Waals surface area contributed by atoms with Crippen molar-refractivity contribution < 1.29 is 9.47 Å². The van der Waals surface area contributed by atoms with Gasteiger partial charge in [0.25, 0.3) is 0 Å². The predicted molar refractivity (Wildman–Crippen MR) is 90.8 cm³/mol. The Morgan fingerprint density at radius 3 is 2.14 bits per heavy atom.